The van der Waals surface area contributed by atoms with E-state index in [9.17, 15) is 8.42 Å². The molecule has 0 spiro atoms. The molecule has 1 atom stereocenters. The number of rotatable bonds is 7. The van der Waals surface area contributed by atoms with Gasteiger partial charge in [0.1, 0.15) is 0 Å². The summed E-state index contributed by atoms with van der Waals surface area (Å²) >= 11 is 9.10. The second-order valence-corrected chi connectivity index (χ2v) is 7.05. The summed E-state index contributed by atoms with van der Waals surface area (Å²) < 4.78 is 26.6. The number of halogens is 2. The van der Waals surface area contributed by atoms with E-state index in [4.69, 9.17) is 11.6 Å². The van der Waals surface area contributed by atoms with Gasteiger partial charge in [-0.2, -0.15) is 0 Å². The molecule has 6 heteroatoms. The Balaban J connectivity index is 2.67. The first-order valence-corrected chi connectivity index (χ1v) is 8.79. The molecule has 3 nitrogen and oxygen atoms in total. The van der Waals surface area contributed by atoms with Crippen LogP contribution in [0.25, 0.3) is 0 Å². The van der Waals surface area contributed by atoms with Crippen LogP contribution in [-0.2, 0) is 10.0 Å². The largest absolute Gasteiger partial charge is 0.240 e. The Morgan fingerprint density at radius 2 is 1.94 bits per heavy atom. The molecule has 0 fully saturated rings. The maximum atomic E-state index is 12.0. The molecule has 102 valence electrons. The lowest BCUT2D eigenvalue weighted by Crippen LogP contribution is -2.29. The van der Waals surface area contributed by atoms with Crippen molar-refractivity contribution < 1.29 is 8.42 Å². The van der Waals surface area contributed by atoms with Gasteiger partial charge in [-0.05, 0) is 36.6 Å². The summed E-state index contributed by atoms with van der Waals surface area (Å²) in [6.45, 7) is 2.52. The first-order chi connectivity index (χ1) is 8.49. The Morgan fingerprint density at radius 1 is 1.33 bits per heavy atom. The molecular weight excluding hydrogens is 338 g/mol. The Kier molecular flexibility index (Phi) is 6.63. The van der Waals surface area contributed by atoms with Gasteiger partial charge in [0.2, 0.25) is 10.0 Å². The topological polar surface area (TPSA) is 46.2 Å². The van der Waals surface area contributed by atoms with Crippen molar-refractivity contribution in [3.8, 4) is 0 Å². The molecule has 0 aliphatic carbocycles. The molecule has 0 aliphatic heterocycles. The Hall–Kier alpha value is -0.100. The zero-order chi connectivity index (χ0) is 13.6. The van der Waals surface area contributed by atoms with Crippen LogP contribution in [0.15, 0.2) is 29.2 Å². The fourth-order valence-corrected chi connectivity index (χ4v) is 3.42. The summed E-state index contributed by atoms with van der Waals surface area (Å²) in [7, 11) is -3.42. The molecule has 18 heavy (non-hydrogen) atoms. The van der Waals surface area contributed by atoms with Crippen molar-refractivity contribution in [2.24, 2.45) is 5.92 Å². The normalized spacial score (nSPS) is 13.5. The second kappa shape index (κ2) is 7.48. The van der Waals surface area contributed by atoms with Crippen LogP contribution in [0.5, 0.6) is 0 Å². The van der Waals surface area contributed by atoms with Crippen LogP contribution in [0.2, 0.25) is 5.02 Å². The van der Waals surface area contributed by atoms with Crippen molar-refractivity contribution in [2.45, 2.75) is 24.7 Å². The lowest BCUT2D eigenvalue weighted by Gasteiger charge is -2.14. The zero-order valence-corrected chi connectivity index (χ0v) is 13.4. The molecule has 1 unspecified atom stereocenters. The lowest BCUT2D eigenvalue weighted by atomic mass is 10.0. The second-order valence-electron chi connectivity index (χ2n) is 4.06. The van der Waals surface area contributed by atoms with Gasteiger partial charge in [-0.1, -0.05) is 40.9 Å². The average molecular weight is 355 g/mol. The summed E-state index contributed by atoms with van der Waals surface area (Å²) in [5, 5.41) is 1.41. The van der Waals surface area contributed by atoms with Gasteiger partial charge in [-0.15, -0.1) is 0 Å². The summed E-state index contributed by atoms with van der Waals surface area (Å²) in [5.41, 5.74) is 0. The van der Waals surface area contributed by atoms with Gasteiger partial charge in [0, 0.05) is 16.9 Å². The van der Waals surface area contributed by atoms with Crippen molar-refractivity contribution in [2.75, 3.05) is 11.9 Å². The van der Waals surface area contributed by atoms with Crippen molar-refractivity contribution in [1.82, 2.24) is 4.72 Å². The maximum absolute atomic E-state index is 12.0. The standard InChI is InChI=1S/C12H17BrClNO2S/c1-2-10(7-8-13)9-15-18(16,17)12-5-3-11(14)4-6-12/h3-6,10,15H,2,7-9H2,1H3. The highest BCUT2D eigenvalue weighted by molar-refractivity contribution is 9.09. The molecule has 0 saturated carbocycles. The van der Waals surface area contributed by atoms with Crippen LogP contribution in [-0.4, -0.2) is 20.3 Å². The Bertz CT molecular complexity index is 461. The minimum Gasteiger partial charge on any atom is -0.211 e. The van der Waals surface area contributed by atoms with Crippen LogP contribution < -0.4 is 4.72 Å². The van der Waals surface area contributed by atoms with E-state index < -0.39 is 10.0 Å². The Morgan fingerprint density at radius 3 is 2.44 bits per heavy atom. The first-order valence-electron chi connectivity index (χ1n) is 5.80. The minimum atomic E-state index is -3.42. The molecule has 1 aromatic carbocycles. The van der Waals surface area contributed by atoms with Crippen molar-refractivity contribution >= 4 is 37.6 Å². The minimum absolute atomic E-state index is 0.251. The highest BCUT2D eigenvalue weighted by Crippen LogP contribution is 2.15. The molecule has 0 amide bonds. The highest BCUT2D eigenvalue weighted by atomic mass is 79.9. The third-order valence-corrected chi connectivity index (χ3v) is 4.93. The van der Waals surface area contributed by atoms with E-state index in [1.54, 1.807) is 12.1 Å². The van der Waals surface area contributed by atoms with Gasteiger partial charge in [-0.3, -0.25) is 0 Å². The SMILES string of the molecule is CCC(CCBr)CNS(=O)(=O)c1ccc(Cl)cc1. The number of hydrogen-bond acceptors (Lipinski definition) is 2. The van der Waals surface area contributed by atoms with Gasteiger partial charge in [0.15, 0.2) is 0 Å². The average Bonchev–Trinajstić information content (AvgIpc) is 2.35. The third-order valence-electron chi connectivity index (χ3n) is 2.78. The fraction of sp³-hybridized carbons (Fsp3) is 0.500. The fourth-order valence-electron chi connectivity index (χ4n) is 1.53. The molecule has 0 bridgehead atoms. The number of nitrogens with one attached hydrogen (secondary N) is 1. The van der Waals surface area contributed by atoms with E-state index in [0.29, 0.717) is 17.5 Å². The quantitative estimate of drug-likeness (QED) is 0.763. The lowest BCUT2D eigenvalue weighted by molar-refractivity contribution is 0.483. The summed E-state index contributed by atoms with van der Waals surface area (Å²) in [6.07, 6.45) is 1.91. The first kappa shape index (κ1) is 16.0. The van der Waals surface area contributed by atoms with E-state index in [0.717, 1.165) is 18.2 Å². The molecule has 1 N–H and O–H groups in total. The smallest absolute Gasteiger partial charge is 0.211 e. The van der Waals surface area contributed by atoms with Crippen LogP contribution in [0.3, 0.4) is 0 Å². The summed E-state index contributed by atoms with van der Waals surface area (Å²) in [6, 6.07) is 6.17. The summed E-state index contributed by atoms with van der Waals surface area (Å²) in [5.74, 6) is 0.353. The molecular formula is C12H17BrClNO2S. The maximum Gasteiger partial charge on any atom is 0.240 e. The molecule has 0 radical (unpaired) electrons. The van der Waals surface area contributed by atoms with E-state index in [1.807, 2.05) is 0 Å². The summed E-state index contributed by atoms with van der Waals surface area (Å²) in [4.78, 5) is 0.251. The van der Waals surface area contributed by atoms with Crippen molar-refractivity contribution in [3.63, 3.8) is 0 Å². The van der Waals surface area contributed by atoms with Crippen molar-refractivity contribution in [1.29, 1.82) is 0 Å². The van der Waals surface area contributed by atoms with E-state index >= 15 is 0 Å². The van der Waals surface area contributed by atoms with Gasteiger partial charge in [0.05, 0.1) is 4.90 Å². The molecule has 1 aromatic rings. The van der Waals surface area contributed by atoms with E-state index in [2.05, 4.69) is 27.6 Å². The van der Waals surface area contributed by atoms with Crippen LogP contribution >= 0.6 is 27.5 Å². The van der Waals surface area contributed by atoms with Gasteiger partial charge < -0.3 is 0 Å². The van der Waals surface area contributed by atoms with Crippen LogP contribution in [0.1, 0.15) is 19.8 Å². The van der Waals surface area contributed by atoms with Gasteiger partial charge >= 0.3 is 0 Å². The number of benzene rings is 1. The van der Waals surface area contributed by atoms with Crippen LogP contribution in [0, 0.1) is 5.92 Å². The van der Waals surface area contributed by atoms with Crippen LogP contribution in [0.4, 0.5) is 0 Å². The van der Waals surface area contributed by atoms with Crippen molar-refractivity contribution in [3.05, 3.63) is 29.3 Å². The molecule has 0 aliphatic rings. The highest BCUT2D eigenvalue weighted by Gasteiger charge is 2.15. The third kappa shape index (κ3) is 4.88. The van der Waals surface area contributed by atoms with Gasteiger partial charge in [-0.25, -0.2) is 13.1 Å². The molecule has 0 saturated heterocycles. The monoisotopic (exact) mass is 353 g/mol. The predicted octanol–water partition coefficient (Wildman–Crippen LogP) is 3.43. The Labute approximate surface area is 122 Å². The van der Waals surface area contributed by atoms with E-state index in [1.165, 1.54) is 12.1 Å². The zero-order valence-electron chi connectivity index (χ0n) is 10.2. The van der Waals surface area contributed by atoms with E-state index in [-0.39, 0.29) is 4.90 Å². The van der Waals surface area contributed by atoms with Gasteiger partial charge in [0.25, 0.3) is 0 Å². The predicted molar refractivity (Wildman–Crippen MR) is 78.8 cm³/mol. The molecule has 0 aromatic heterocycles. The number of hydrogen-bond donors (Lipinski definition) is 1. The number of alkyl halides is 1. The number of sulfonamides is 1. The molecule has 1 rings (SSSR count). The molecule has 0 heterocycles.